The van der Waals surface area contributed by atoms with E-state index in [1.165, 1.54) is 0 Å². The average molecular weight is 159 g/mol. The van der Waals surface area contributed by atoms with Gasteiger partial charge in [-0.25, -0.2) is 5.84 Å². The van der Waals surface area contributed by atoms with Crippen LogP contribution in [0.15, 0.2) is 30.3 Å². The van der Waals surface area contributed by atoms with Crippen LogP contribution >= 0.6 is 0 Å². The summed E-state index contributed by atoms with van der Waals surface area (Å²) < 4.78 is 0. The van der Waals surface area contributed by atoms with Crippen molar-refractivity contribution in [2.75, 3.05) is 0 Å². The molecule has 0 aromatic heterocycles. The molecule has 1 aromatic carbocycles. The molecule has 0 unspecified atom stereocenters. The molecule has 53 valence electrons. The third kappa shape index (κ3) is 3.03. The Kier molecular flexibility index (Phi) is 5.15. The first-order valence-electron chi connectivity index (χ1n) is 2.90. The van der Waals surface area contributed by atoms with E-state index in [4.69, 9.17) is 5.84 Å². The number of rotatable bonds is 1. The summed E-state index contributed by atoms with van der Waals surface area (Å²) in [6, 6.07) is 8.80. The van der Waals surface area contributed by atoms with E-state index in [2.05, 4.69) is 0 Å². The maximum absolute atomic E-state index is 10.8. The van der Waals surface area contributed by atoms with E-state index < -0.39 is 0 Å². The Morgan fingerprint density at radius 3 is 2.27 bits per heavy atom. The summed E-state index contributed by atoms with van der Waals surface area (Å²) in [6.07, 6.45) is 0. The Hall–Kier alpha value is -0.350. The molecule has 0 heterocycles. The van der Waals surface area contributed by atoms with Gasteiger partial charge in [0.2, 0.25) is 0 Å². The number of carbonyl (C=O) groups excluding carboxylic acids is 1. The Balaban J connectivity index is 0.000001000. The van der Waals surface area contributed by atoms with Crippen molar-refractivity contribution in [3.8, 4) is 0 Å². The standard InChI is InChI=1S/C7H8N2O.Na/c8-9-7(10)6-4-2-1-3-5-6;/h1-5H,8H2,(H,9,10);. The summed E-state index contributed by atoms with van der Waals surface area (Å²) in [6.45, 7) is 0. The predicted molar refractivity (Wildman–Crippen MR) is 43.8 cm³/mol. The average Bonchev–Trinajstić information content (AvgIpc) is 2.05. The number of hydrazine groups is 1. The van der Waals surface area contributed by atoms with E-state index in [9.17, 15) is 4.79 Å². The molecule has 11 heavy (non-hydrogen) atoms. The smallest absolute Gasteiger partial charge is 0.265 e. The number of amides is 1. The number of nitrogen functional groups attached to an aromatic ring is 1. The van der Waals surface area contributed by atoms with Crippen molar-refractivity contribution in [3.05, 3.63) is 35.9 Å². The van der Waals surface area contributed by atoms with Gasteiger partial charge in [-0.2, -0.15) is 0 Å². The third-order valence-electron chi connectivity index (χ3n) is 1.17. The van der Waals surface area contributed by atoms with E-state index in [-0.39, 0.29) is 35.5 Å². The summed E-state index contributed by atoms with van der Waals surface area (Å²) in [4.78, 5) is 10.8. The zero-order valence-electron chi connectivity index (χ0n) is 6.37. The largest absolute Gasteiger partial charge is 0.290 e. The van der Waals surface area contributed by atoms with Crippen molar-refractivity contribution in [3.63, 3.8) is 0 Å². The van der Waals surface area contributed by atoms with Gasteiger partial charge < -0.3 is 0 Å². The van der Waals surface area contributed by atoms with Crippen molar-refractivity contribution in [2.45, 2.75) is 0 Å². The molecule has 1 radical (unpaired) electrons. The molecule has 4 heteroatoms. The monoisotopic (exact) mass is 159 g/mol. The van der Waals surface area contributed by atoms with Crippen LogP contribution in [0, 0.1) is 0 Å². The Bertz CT molecular complexity index is 225. The van der Waals surface area contributed by atoms with Gasteiger partial charge in [0, 0.05) is 35.1 Å². The van der Waals surface area contributed by atoms with Crippen molar-refractivity contribution in [1.29, 1.82) is 0 Å². The normalized spacial score (nSPS) is 8.09. The van der Waals surface area contributed by atoms with Crippen molar-refractivity contribution in [2.24, 2.45) is 5.84 Å². The predicted octanol–water partition coefficient (Wildman–Crippen LogP) is -0.0907. The van der Waals surface area contributed by atoms with E-state index >= 15 is 0 Å². The molecular formula is C7H8N2NaO. The summed E-state index contributed by atoms with van der Waals surface area (Å²) in [5, 5.41) is 0. The topological polar surface area (TPSA) is 55.1 Å². The molecule has 1 rings (SSSR count). The molecule has 0 bridgehead atoms. The number of nitrogens with two attached hydrogens (primary N) is 1. The van der Waals surface area contributed by atoms with Gasteiger partial charge in [0.15, 0.2) is 0 Å². The molecule has 0 aliphatic carbocycles. The van der Waals surface area contributed by atoms with E-state index in [1.54, 1.807) is 24.3 Å². The van der Waals surface area contributed by atoms with Crippen molar-refractivity contribution < 1.29 is 4.79 Å². The fourth-order valence-corrected chi connectivity index (χ4v) is 0.673. The Morgan fingerprint density at radius 1 is 1.27 bits per heavy atom. The maximum Gasteiger partial charge on any atom is 0.265 e. The molecule has 3 nitrogen and oxygen atoms in total. The van der Waals surface area contributed by atoms with Crippen LogP contribution in [0.2, 0.25) is 0 Å². The maximum atomic E-state index is 10.8. The minimum absolute atomic E-state index is 0. The van der Waals surface area contributed by atoms with Crippen LogP contribution in [0.1, 0.15) is 10.4 Å². The van der Waals surface area contributed by atoms with Crippen LogP contribution in [0.3, 0.4) is 0 Å². The molecule has 0 aliphatic heterocycles. The van der Waals surface area contributed by atoms with Crippen LogP contribution in [0.4, 0.5) is 0 Å². The Morgan fingerprint density at radius 2 is 1.82 bits per heavy atom. The molecule has 1 amide bonds. The number of carbonyl (C=O) groups is 1. The molecule has 0 fully saturated rings. The van der Waals surface area contributed by atoms with E-state index in [0.717, 1.165) is 0 Å². The molecular weight excluding hydrogens is 151 g/mol. The molecule has 0 spiro atoms. The minimum Gasteiger partial charge on any atom is -0.290 e. The van der Waals surface area contributed by atoms with Gasteiger partial charge in [0.1, 0.15) is 0 Å². The van der Waals surface area contributed by atoms with Gasteiger partial charge in [-0.1, -0.05) is 18.2 Å². The second kappa shape index (κ2) is 5.32. The van der Waals surface area contributed by atoms with Gasteiger partial charge in [-0.05, 0) is 12.1 Å². The Labute approximate surface area is 87.2 Å². The fourth-order valence-electron chi connectivity index (χ4n) is 0.673. The number of nitrogens with one attached hydrogen (secondary N) is 1. The quantitative estimate of drug-likeness (QED) is 0.260. The molecule has 0 aliphatic rings. The summed E-state index contributed by atoms with van der Waals surface area (Å²) in [7, 11) is 0. The second-order valence-corrected chi connectivity index (χ2v) is 1.84. The molecule has 0 saturated heterocycles. The van der Waals surface area contributed by atoms with Crippen molar-refractivity contribution >= 4 is 35.5 Å². The fraction of sp³-hybridized carbons (Fsp3) is 0. The van der Waals surface area contributed by atoms with Crippen LogP contribution in [-0.2, 0) is 0 Å². The zero-order chi connectivity index (χ0) is 7.40. The zero-order valence-corrected chi connectivity index (χ0v) is 8.37. The van der Waals surface area contributed by atoms with Gasteiger partial charge in [0.05, 0.1) is 0 Å². The first kappa shape index (κ1) is 10.7. The number of hydrogen-bond donors (Lipinski definition) is 2. The van der Waals surface area contributed by atoms with E-state index in [1.807, 2.05) is 11.5 Å². The summed E-state index contributed by atoms with van der Waals surface area (Å²) in [5.74, 6) is 4.64. The SMILES string of the molecule is NNC(=O)c1ccccc1.[Na]. The summed E-state index contributed by atoms with van der Waals surface area (Å²) >= 11 is 0. The van der Waals surface area contributed by atoms with Crippen LogP contribution < -0.4 is 11.3 Å². The first-order valence-corrected chi connectivity index (χ1v) is 2.90. The van der Waals surface area contributed by atoms with Gasteiger partial charge in [-0.3, -0.25) is 10.2 Å². The molecule has 1 aromatic rings. The minimum atomic E-state index is -0.263. The summed E-state index contributed by atoms with van der Waals surface area (Å²) in [5.41, 5.74) is 2.62. The molecule has 0 atom stereocenters. The second-order valence-electron chi connectivity index (χ2n) is 1.84. The van der Waals surface area contributed by atoms with Gasteiger partial charge in [-0.15, -0.1) is 0 Å². The van der Waals surface area contributed by atoms with Crippen LogP contribution in [0.5, 0.6) is 0 Å². The van der Waals surface area contributed by atoms with Crippen LogP contribution in [0.25, 0.3) is 0 Å². The third-order valence-corrected chi connectivity index (χ3v) is 1.17. The van der Waals surface area contributed by atoms with Crippen LogP contribution in [-0.4, -0.2) is 35.5 Å². The molecule has 3 N–H and O–H groups in total. The number of hydrogen-bond acceptors (Lipinski definition) is 2. The van der Waals surface area contributed by atoms with Gasteiger partial charge in [0.25, 0.3) is 5.91 Å². The first-order chi connectivity index (χ1) is 4.84. The molecule has 0 saturated carbocycles. The van der Waals surface area contributed by atoms with E-state index in [0.29, 0.717) is 5.56 Å². The van der Waals surface area contributed by atoms with Gasteiger partial charge >= 0.3 is 0 Å². The number of benzene rings is 1. The van der Waals surface area contributed by atoms with Crippen molar-refractivity contribution in [1.82, 2.24) is 5.43 Å².